The third-order valence-corrected chi connectivity index (χ3v) is 4.39. The van der Waals surface area contributed by atoms with Gasteiger partial charge in [-0.1, -0.05) is 18.2 Å². The second-order valence-electron chi connectivity index (χ2n) is 5.96. The first-order chi connectivity index (χ1) is 12.5. The summed E-state index contributed by atoms with van der Waals surface area (Å²) >= 11 is 0. The molecular weight excluding hydrogens is 336 g/mol. The van der Waals surface area contributed by atoms with E-state index in [1.54, 1.807) is 47.5 Å². The van der Waals surface area contributed by atoms with Crippen molar-refractivity contribution < 1.29 is 19.4 Å². The van der Waals surface area contributed by atoms with Crippen LogP contribution >= 0.6 is 0 Å². The number of hydrogen-bond acceptors (Lipinski definition) is 7. The van der Waals surface area contributed by atoms with Crippen molar-refractivity contribution in [3.63, 3.8) is 0 Å². The number of carboxylic acids is 1. The minimum Gasteiger partial charge on any atom is -0.477 e. The lowest BCUT2D eigenvalue weighted by Crippen LogP contribution is -2.67. The molecule has 1 aromatic carbocycles. The number of anilines is 1. The van der Waals surface area contributed by atoms with E-state index in [9.17, 15) is 14.7 Å². The van der Waals surface area contributed by atoms with Crippen molar-refractivity contribution >= 4 is 17.6 Å². The van der Waals surface area contributed by atoms with Crippen LogP contribution in [-0.4, -0.2) is 63.6 Å². The summed E-state index contributed by atoms with van der Waals surface area (Å²) in [5, 5.41) is 9.87. The molecule has 0 aliphatic carbocycles. The standard InChI is InChI=1S/C18H20N4O4/c1-14(23)18(17(24)25,26-15-5-3-2-4-6-15)22-11-9-21(10-12-22)16-7-8-19-13-20-16/h2-8,13H,9-12H2,1H3,(H,24,25). The molecule has 26 heavy (non-hydrogen) atoms. The van der Waals surface area contributed by atoms with Crippen LogP contribution in [0.15, 0.2) is 48.9 Å². The molecule has 1 fully saturated rings. The van der Waals surface area contributed by atoms with Gasteiger partial charge in [-0.15, -0.1) is 0 Å². The molecule has 0 radical (unpaired) electrons. The number of carboxylic acid groups (broad SMARTS) is 1. The molecule has 0 saturated carbocycles. The summed E-state index contributed by atoms with van der Waals surface area (Å²) in [7, 11) is 0. The van der Waals surface area contributed by atoms with Crippen molar-refractivity contribution in [1.29, 1.82) is 0 Å². The molecule has 3 rings (SSSR count). The predicted octanol–water partition coefficient (Wildman–Crippen LogP) is 1.05. The smallest absolute Gasteiger partial charge is 0.372 e. The number of benzene rings is 1. The lowest BCUT2D eigenvalue weighted by molar-refractivity contribution is -0.181. The normalized spacial score (nSPS) is 17.3. The van der Waals surface area contributed by atoms with E-state index in [1.165, 1.54) is 13.3 Å². The number of ketones is 1. The minimum absolute atomic E-state index is 0.336. The number of aromatic nitrogens is 2. The Morgan fingerprint density at radius 1 is 1.12 bits per heavy atom. The SMILES string of the molecule is CC(=O)C(Oc1ccccc1)(C(=O)O)N1CCN(c2ccncn2)CC1. The first kappa shape index (κ1) is 17.8. The van der Waals surface area contributed by atoms with Crippen molar-refractivity contribution in [2.75, 3.05) is 31.1 Å². The van der Waals surface area contributed by atoms with Crippen molar-refractivity contribution in [1.82, 2.24) is 14.9 Å². The van der Waals surface area contributed by atoms with Crippen LogP contribution in [0.3, 0.4) is 0 Å². The summed E-state index contributed by atoms with van der Waals surface area (Å²) in [6.45, 7) is 2.99. The first-order valence-electron chi connectivity index (χ1n) is 8.28. The van der Waals surface area contributed by atoms with E-state index < -0.39 is 17.5 Å². The van der Waals surface area contributed by atoms with Crippen LogP contribution in [0.2, 0.25) is 0 Å². The van der Waals surface area contributed by atoms with Crippen LogP contribution in [-0.2, 0) is 9.59 Å². The van der Waals surface area contributed by atoms with Crippen molar-refractivity contribution in [3.8, 4) is 5.75 Å². The lowest BCUT2D eigenvalue weighted by Gasteiger charge is -2.43. The van der Waals surface area contributed by atoms with Gasteiger partial charge in [0.15, 0.2) is 0 Å². The van der Waals surface area contributed by atoms with Crippen LogP contribution in [0, 0.1) is 0 Å². The van der Waals surface area contributed by atoms with Crippen LogP contribution in [0.5, 0.6) is 5.75 Å². The Kier molecular flexibility index (Phi) is 5.13. The first-order valence-corrected chi connectivity index (χ1v) is 8.28. The summed E-state index contributed by atoms with van der Waals surface area (Å²) in [5.41, 5.74) is -2.04. The van der Waals surface area contributed by atoms with E-state index in [0.717, 1.165) is 5.82 Å². The van der Waals surface area contributed by atoms with Gasteiger partial charge >= 0.3 is 11.7 Å². The van der Waals surface area contributed by atoms with E-state index in [2.05, 4.69) is 9.97 Å². The van der Waals surface area contributed by atoms with Crippen molar-refractivity contribution in [3.05, 3.63) is 48.9 Å². The average molecular weight is 356 g/mol. The molecule has 2 aromatic rings. The minimum atomic E-state index is -2.04. The second kappa shape index (κ2) is 7.49. The maximum Gasteiger partial charge on any atom is 0.372 e. The largest absolute Gasteiger partial charge is 0.477 e. The molecule has 2 heterocycles. The Labute approximate surface area is 151 Å². The summed E-state index contributed by atoms with van der Waals surface area (Å²) in [6.07, 6.45) is 3.13. The van der Waals surface area contributed by atoms with Gasteiger partial charge in [-0.2, -0.15) is 0 Å². The highest BCUT2D eigenvalue weighted by atomic mass is 16.6. The number of piperazine rings is 1. The number of carbonyl (C=O) groups excluding carboxylic acids is 1. The molecule has 0 bridgehead atoms. The molecule has 8 nitrogen and oxygen atoms in total. The lowest BCUT2D eigenvalue weighted by atomic mass is 10.1. The van der Waals surface area contributed by atoms with Crippen LogP contribution < -0.4 is 9.64 Å². The highest BCUT2D eigenvalue weighted by Crippen LogP contribution is 2.26. The summed E-state index contributed by atoms with van der Waals surface area (Å²) in [5.74, 6) is -0.774. The van der Waals surface area contributed by atoms with E-state index in [1.807, 2.05) is 4.90 Å². The number of carbonyl (C=O) groups is 2. The maximum absolute atomic E-state index is 12.4. The molecule has 1 aliphatic heterocycles. The van der Waals surface area contributed by atoms with E-state index in [4.69, 9.17) is 4.74 Å². The molecule has 1 unspecified atom stereocenters. The molecule has 0 spiro atoms. The van der Waals surface area contributed by atoms with E-state index in [0.29, 0.717) is 31.9 Å². The Bertz CT molecular complexity index is 747. The fraction of sp³-hybridized carbons (Fsp3) is 0.333. The number of hydrogen-bond donors (Lipinski definition) is 1. The van der Waals surface area contributed by atoms with Gasteiger partial charge < -0.3 is 14.7 Å². The number of para-hydroxylation sites is 1. The molecular formula is C18H20N4O4. The van der Waals surface area contributed by atoms with Gasteiger partial charge in [0.25, 0.3) is 0 Å². The summed E-state index contributed by atoms with van der Waals surface area (Å²) < 4.78 is 5.74. The van der Waals surface area contributed by atoms with Gasteiger partial charge in [-0.3, -0.25) is 4.79 Å². The van der Waals surface area contributed by atoms with Gasteiger partial charge in [0.1, 0.15) is 17.9 Å². The Balaban J connectivity index is 1.82. The monoisotopic (exact) mass is 356 g/mol. The molecule has 1 aromatic heterocycles. The molecule has 136 valence electrons. The zero-order chi connectivity index (χ0) is 18.6. The zero-order valence-corrected chi connectivity index (χ0v) is 14.4. The van der Waals surface area contributed by atoms with Crippen molar-refractivity contribution in [2.24, 2.45) is 0 Å². The maximum atomic E-state index is 12.4. The van der Waals surface area contributed by atoms with Gasteiger partial charge in [0.2, 0.25) is 5.78 Å². The number of ether oxygens (including phenoxy) is 1. The number of nitrogens with zero attached hydrogens (tertiary/aromatic N) is 4. The topological polar surface area (TPSA) is 95.9 Å². The number of aliphatic carboxylic acids is 1. The van der Waals surface area contributed by atoms with Gasteiger partial charge in [-0.05, 0) is 18.2 Å². The van der Waals surface area contributed by atoms with Crippen LogP contribution in [0.1, 0.15) is 6.92 Å². The molecule has 0 amide bonds. The third-order valence-electron chi connectivity index (χ3n) is 4.39. The number of Topliss-reactive ketones (excluding diaryl/α,β-unsaturated/α-hetero) is 1. The second-order valence-corrected chi connectivity index (χ2v) is 5.96. The van der Waals surface area contributed by atoms with E-state index >= 15 is 0 Å². The van der Waals surface area contributed by atoms with Crippen LogP contribution in [0.4, 0.5) is 5.82 Å². The van der Waals surface area contributed by atoms with Gasteiger partial charge in [0.05, 0.1) is 0 Å². The highest BCUT2D eigenvalue weighted by molar-refractivity contribution is 6.05. The molecule has 1 aliphatic rings. The zero-order valence-electron chi connectivity index (χ0n) is 14.4. The Morgan fingerprint density at radius 3 is 2.35 bits per heavy atom. The van der Waals surface area contributed by atoms with Crippen molar-refractivity contribution in [2.45, 2.75) is 12.6 Å². The molecule has 8 heteroatoms. The average Bonchev–Trinajstić information content (AvgIpc) is 2.67. The third kappa shape index (κ3) is 3.36. The molecule has 1 N–H and O–H groups in total. The summed E-state index contributed by atoms with van der Waals surface area (Å²) in [6, 6.07) is 10.3. The van der Waals surface area contributed by atoms with Crippen LogP contribution in [0.25, 0.3) is 0 Å². The molecule has 1 saturated heterocycles. The highest BCUT2D eigenvalue weighted by Gasteiger charge is 2.52. The number of rotatable bonds is 6. The van der Waals surface area contributed by atoms with E-state index in [-0.39, 0.29) is 0 Å². The Hall–Kier alpha value is -3.00. The quantitative estimate of drug-likeness (QED) is 0.767. The fourth-order valence-corrected chi connectivity index (χ4v) is 3.07. The summed E-state index contributed by atoms with van der Waals surface area (Å²) in [4.78, 5) is 36.2. The van der Waals surface area contributed by atoms with Gasteiger partial charge in [0, 0.05) is 39.3 Å². The fourth-order valence-electron chi connectivity index (χ4n) is 3.07. The predicted molar refractivity (Wildman–Crippen MR) is 93.9 cm³/mol. The molecule has 1 atom stereocenters. The Morgan fingerprint density at radius 2 is 1.81 bits per heavy atom. The van der Waals surface area contributed by atoms with Gasteiger partial charge in [-0.25, -0.2) is 19.7 Å².